The fraction of sp³-hybridized carbons (Fsp3) is 0.500. The van der Waals surface area contributed by atoms with Gasteiger partial charge in [0.15, 0.2) is 11.5 Å². The second-order valence-corrected chi connectivity index (χ2v) is 4.61. The lowest BCUT2D eigenvalue weighted by atomic mass is 10.0. The van der Waals surface area contributed by atoms with Crippen molar-refractivity contribution in [3.63, 3.8) is 0 Å². The van der Waals surface area contributed by atoms with Crippen molar-refractivity contribution in [2.75, 3.05) is 26.4 Å². The molecule has 1 aromatic rings. The number of rotatable bonds is 5. The van der Waals surface area contributed by atoms with Crippen LogP contribution >= 0.6 is 0 Å². The molecule has 0 spiro atoms. The maximum absolute atomic E-state index is 5.88. The fourth-order valence-electron chi connectivity index (χ4n) is 2.11. The van der Waals surface area contributed by atoms with Crippen molar-refractivity contribution >= 4 is 0 Å². The smallest absolute Gasteiger partial charge is 0.162 e. The highest BCUT2D eigenvalue weighted by Gasteiger charge is 2.15. The maximum Gasteiger partial charge on any atom is 0.162 e. The molecule has 0 radical (unpaired) electrons. The van der Waals surface area contributed by atoms with Crippen LogP contribution in [-0.4, -0.2) is 26.4 Å². The largest absolute Gasteiger partial charge is 0.490 e. The topological polar surface area (TPSA) is 27.7 Å². The average Bonchev–Trinajstić information content (AvgIpc) is 2.47. The van der Waals surface area contributed by atoms with Gasteiger partial charge in [0.2, 0.25) is 0 Å². The van der Waals surface area contributed by atoms with Gasteiger partial charge in [-0.3, -0.25) is 0 Å². The number of benzene rings is 1. The van der Waals surface area contributed by atoms with E-state index in [1.165, 1.54) is 0 Å². The summed E-state index contributed by atoms with van der Waals surface area (Å²) in [6, 6.07) is 5.62. The van der Waals surface area contributed by atoms with Crippen molar-refractivity contribution in [2.45, 2.75) is 19.8 Å². The quantitative estimate of drug-likeness (QED) is 0.762. The summed E-state index contributed by atoms with van der Waals surface area (Å²) in [7, 11) is 0. The Labute approximate surface area is 114 Å². The zero-order chi connectivity index (χ0) is 13.5. The third-order valence-corrected chi connectivity index (χ3v) is 3.23. The second-order valence-electron chi connectivity index (χ2n) is 4.61. The molecule has 0 aromatic heterocycles. The van der Waals surface area contributed by atoms with E-state index in [2.05, 4.69) is 5.92 Å². The molecule has 1 heterocycles. The van der Waals surface area contributed by atoms with Gasteiger partial charge in [0.05, 0.1) is 13.2 Å². The molecule has 1 saturated heterocycles. The molecule has 0 atom stereocenters. The van der Waals surface area contributed by atoms with Crippen LogP contribution in [-0.2, 0) is 4.74 Å². The van der Waals surface area contributed by atoms with Crippen molar-refractivity contribution in [3.05, 3.63) is 23.8 Å². The van der Waals surface area contributed by atoms with Crippen molar-refractivity contribution < 1.29 is 14.2 Å². The maximum atomic E-state index is 5.88. The highest BCUT2D eigenvalue weighted by molar-refractivity contribution is 5.47. The predicted molar refractivity (Wildman–Crippen MR) is 74.6 cm³/mol. The van der Waals surface area contributed by atoms with E-state index in [-0.39, 0.29) is 0 Å². The van der Waals surface area contributed by atoms with Gasteiger partial charge in [-0.25, -0.2) is 0 Å². The highest BCUT2D eigenvalue weighted by Crippen LogP contribution is 2.29. The Morgan fingerprint density at radius 1 is 1.26 bits per heavy atom. The van der Waals surface area contributed by atoms with Gasteiger partial charge in [-0.15, -0.1) is 6.42 Å². The predicted octanol–water partition coefficient (Wildman–Crippen LogP) is 2.87. The van der Waals surface area contributed by atoms with E-state index in [1.807, 2.05) is 25.1 Å². The summed E-state index contributed by atoms with van der Waals surface area (Å²) in [6.45, 7) is 4.93. The van der Waals surface area contributed by atoms with Gasteiger partial charge in [0.25, 0.3) is 0 Å². The second kappa shape index (κ2) is 7.06. The van der Waals surface area contributed by atoms with Gasteiger partial charge in [-0.1, -0.05) is 5.92 Å². The van der Waals surface area contributed by atoms with E-state index >= 15 is 0 Å². The van der Waals surface area contributed by atoms with E-state index < -0.39 is 0 Å². The summed E-state index contributed by atoms with van der Waals surface area (Å²) in [5.74, 6) is 4.67. The third-order valence-electron chi connectivity index (χ3n) is 3.23. The first-order valence-electron chi connectivity index (χ1n) is 6.77. The summed E-state index contributed by atoms with van der Waals surface area (Å²) >= 11 is 0. The first-order chi connectivity index (χ1) is 9.33. The van der Waals surface area contributed by atoms with E-state index in [1.54, 1.807) is 0 Å². The molecule has 3 nitrogen and oxygen atoms in total. The van der Waals surface area contributed by atoms with Gasteiger partial charge in [0.1, 0.15) is 0 Å². The molecule has 19 heavy (non-hydrogen) atoms. The fourth-order valence-corrected chi connectivity index (χ4v) is 2.11. The Morgan fingerprint density at radius 2 is 2.05 bits per heavy atom. The molecule has 0 unspecified atom stereocenters. The van der Waals surface area contributed by atoms with E-state index in [0.29, 0.717) is 19.1 Å². The highest BCUT2D eigenvalue weighted by atomic mass is 16.5. The summed E-state index contributed by atoms with van der Waals surface area (Å²) in [6.07, 6.45) is 7.52. The van der Waals surface area contributed by atoms with E-state index in [4.69, 9.17) is 20.6 Å². The monoisotopic (exact) mass is 260 g/mol. The Bertz CT molecular complexity index is 442. The van der Waals surface area contributed by atoms with Gasteiger partial charge in [0, 0.05) is 18.8 Å². The van der Waals surface area contributed by atoms with Crippen LogP contribution in [0.5, 0.6) is 11.5 Å². The molecule has 0 saturated carbocycles. The molecule has 0 amide bonds. The summed E-state index contributed by atoms with van der Waals surface area (Å²) in [4.78, 5) is 0. The molecule has 0 aliphatic carbocycles. The van der Waals surface area contributed by atoms with Crippen LogP contribution in [0.2, 0.25) is 0 Å². The molecule has 0 bridgehead atoms. The van der Waals surface area contributed by atoms with Crippen LogP contribution in [0, 0.1) is 18.3 Å². The van der Waals surface area contributed by atoms with Crippen molar-refractivity contribution in [1.29, 1.82) is 0 Å². The standard InChI is InChI=1S/C16H20O3/c1-3-13-5-6-15(16(11-13)18-4-2)19-12-14-7-9-17-10-8-14/h1,5-6,11,14H,4,7-10,12H2,2H3. The molecular weight excluding hydrogens is 240 g/mol. The minimum atomic E-state index is 0.565. The summed E-state index contributed by atoms with van der Waals surface area (Å²) in [5, 5.41) is 0. The van der Waals surface area contributed by atoms with Crippen molar-refractivity contribution in [2.24, 2.45) is 5.92 Å². The van der Waals surface area contributed by atoms with Crippen LogP contribution in [0.3, 0.4) is 0 Å². The number of hydrogen-bond acceptors (Lipinski definition) is 3. The van der Waals surface area contributed by atoms with E-state index in [0.717, 1.165) is 43.1 Å². The molecule has 102 valence electrons. The molecule has 1 aliphatic heterocycles. The molecule has 0 N–H and O–H groups in total. The Morgan fingerprint density at radius 3 is 2.74 bits per heavy atom. The lowest BCUT2D eigenvalue weighted by Crippen LogP contribution is -2.21. The van der Waals surface area contributed by atoms with Gasteiger partial charge in [-0.2, -0.15) is 0 Å². The minimum Gasteiger partial charge on any atom is -0.490 e. The summed E-state index contributed by atoms with van der Waals surface area (Å²) in [5.41, 5.74) is 0.807. The number of terminal acetylenes is 1. The Balaban J connectivity index is 2.00. The van der Waals surface area contributed by atoms with Crippen LogP contribution in [0.4, 0.5) is 0 Å². The van der Waals surface area contributed by atoms with Crippen LogP contribution < -0.4 is 9.47 Å². The molecule has 1 aromatic carbocycles. The summed E-state index contributed by atoms with van der Waals surface area (Å²) < 4.78 is 16.8. The van der Waals surface area contributed by atoms with Crippen LogP contribution in [0.15, 0.2) is 18.2 Å². The lowest BCUT2D eigenvalue weighted by Gasteiger charge is -2.22. The van der Waals surface area contributed by atoms with Gasteiger partial charge >= 0.3 is 0 Å². The first-order valence-corrected chi connectivity index (χ1v) is 6.77. The zero-order valence-electron chi connectivity index (χ0n) is 11.4. The molecule has 1 fully saturated rings. The van der Waals surface area contributed by atoms with Crippen LogP contribution in [0.25, 0.3) is 0 Å². The number of hydrogen-bond donors (Lipinski definition) is 0. The number of ether oxygens (including phenoxy) is 3. The lowest BCUT2D eigenvalue weighted by molar-refractivity contribution is 0.0492. The normalized spacial score (nSPS) is 15.8. The zero-order valence-corrected chi connectivity index (χ0v) is 11.4. The van der Waals surface area contributed by atoms with Gasteiger partial charge < -0.3 is 14.2 Å². The van der Waals surface area contributed by atoms with Crippen LogP contribution in [0.1, 0.15) is 25.3 Å². The molecule has 2 rings (SSSR count). The third kappa shape index (κ3) is 3.90. The van der Waals surface area contributed by atoms with Crippen molar-refractivity contribution in [1.82, 2.24) is 0 Å². The van der Waals surface area contributed by atoms with Gasteiger partial charge in [-0.05, 0) is 43.9 Å². The molecular formula is C16H20O3. The average molecular weight is 260 g/mol. The SMILES string of the molecule is C#Cc1ccc(OCC2CCOCC2)c(OCC)c1. The Kier molecular flexibility index (Phi) is 5.11. The van der Waals surface area contributed by atoms with E-state index in [9.17, 15) is 0 Å². The Hall–Kier alpha value is -1.66. The molecule has 3 heteroatoms. The first kappa shape index (κ1) is 13.8. The van der Waals surface area contributed by atoms with Crippen molar-refractivity contribution in [3.8, 4) is 23.8 Å². The molecule has 1 aliphatic rings. The minimum absolute atomic E-state index is 0.565.